The number of nitrogens with one attached hydrogen (secondary N) is 2. The molecule has 2 amide bonds. The van der Waals surface area contributed by atoms with Gasteiger partial charge in [0.25, 0.3) is 0 Å². The molecule has 0 aromatic carbocycles. The minimum atomic E-state index is -0.0246. The number of rotatable bonds is 7. The largest absolute Gasteiger partial charge is 0.355 e. The molecule has 1 saturated heterocycles. The van der Waals surface area contributed by atoms with E-state index >= 15 is 0 Å². The van der Waals surface area contributed by atoms with Crippen LogP contribution in [0.2, 0.25) is 0 Å². The third-order valence-corrected chi connectivity index (χ3v) is 3.36. The minimum Gasteiger partial charge on any atom is -0.355 e. The van der Waals surface area contributed by atoms with Gasteiger partial charge in [0.1, 0.15) is 0 Å². The first-order valence-electron chi connectivity index (χ1n) is 6.97. The van der Waals surface area contributed by atoms with Crippen LogP contribution in [0.25, 0.3) is 0 Å². The Balaban J connectivity index is 0.00000324. The normalized spacial score (nSPS) is 17.7. The predicted octanol–water partition coefficient (Wildman–Crippen LogP) is 0.925. The first-order valence-corrected chi connectivity index (χ1v) is 6.97. The smallest absolute Gasteiger partial charge is 0.237 e. The van der Waals surface area contributed by atoms with Crippen LogP contribution < -0.4 is 10.6 Å². The number of hydrogen-bond donors (Lipinski definition) is 2. The zero-order valence-corrected chi connectivity index (χ0v) is 12.7. The number of carbonyl (C=O) groups is 2. The van der Waals surface area contributed by atoms with Crippen LogP contribution in [-0.4, -0.2) is 48.9 Å². The van der Waals surface area contributed by atoms with Crippen molar-refractivity contribution in [2.24, 2.45) is 0 Å². The van der Waals surface area contributed by atoms with Gasteiger partial charge < -0.3 is 15.5 Å². The van der Waals surface area contributed by atoms with E-state index in [1.54, 1.807) is 0 Å². The van der Waals surface area contributed by atoms with Crippen molar-refractivity contribution in [3.8, 4) is 0 Å². The van der Waals surface area contributed by atoms with Crippen molar-refractivity contribution in [1.82, 2.24) is 15.5 Å². The summed E-state index contributed by atoms with van der Waals surface area (Å²) in [5, 5.41) is 6.04. The molecule has 0 aromatic heterocycles. The molecular weight excluding hydrogens is 266 g/mol. The summed E-state index contributed by atoms with van der Waals surface area (Å²) in [6.07, 6.45) is 3.22. The quantitative estimate of drug-likeness (QED) is 0.686. The van der Waals surface area contributed by atoms with E-state index in [-0.39, 0.29) is 30.3 Å². The van der Waals surface area contributed by atoms with Gasteiger partial charge in [-0.15, -0.1) is 12.4 Å². The van der Waals surface area contributed by atoms with Crippen molar-refractivity contribution in [1.29, 1.82) is 0 Å². The second-order valence-corrected chi connectivity index (χ2v) is 4.61. The van der Waals surface area contributed by atoms with Gasteiger partial charge in [0.2, 0.25) is 11.8 Å². The van der Waals surface area contributed by atoms with E-state index in [4.69, 9.17) is 0 Å². The molecule has 6 heteroatoms. The lowest BCUT2D eigenvalue weighted by molar-refractivity contribution is -0.131. The molecule has 0 radical (unpaired) electrons. The fourth-order valence-corrected chi connectivity index (χ4v) is 2.22. The Morgan fingerprint density at radius 3 is 2.53 bits per heavy atom. The van der Waals surface area contributed by atoms with Gasteiger partial charge in [-0.2, -0.15) is 0 Å². The Labute approximate surface area is 121 Å². The summed E-state index contributed by atoms with van der Waals surface area (Å²) in [5.41, 5.74) is 0. The molecule has 112 valence electrons. The van der Waals surface area contributed by atoms with E-state index in [9.17, 15) is 9.59 Å². The summed E-state index contributed by atoms with van der Waals surface area (Å²) in [6.45, 7) is 6.99. The molecule has 0 aromatic rings. The standard InChI is InChI=1S/C13H25N3O2.ClH/c1-3-16(4-2)12(17)8-6-10-15-13(18)11-7-5-9-14-11;/h11,14H,3-10H2,1-2H3,(H,15,18);1H. The number of amides is 2. The molecule has 1 aliphatic heterocycles. The van der Waals surface area contributed by atoms with Crippen LogP contribution in [0.4, 0.5) is 0 Å². The second-order valence-electron chi connectivity index (χ2n) is 4.61. The van der Waals surface area contributed by atoms with Crippen LogP contribution in [0.3, 0.4) is 0 Å². The molecule has 0 aliphatic carbocycles. The summed E-state index contributed by atoms with van der Waals surface area (Å²) < 4.78 is 0. The SMILES string of the molecule is CCN(CC)C(=O)CCCNC(=O)C1CCCN1.Cl. The van der Waals surface area contributed by atoms with Crippen molar-refractivity contribution in [2.45, 2.75) is 45.6 Å². The zero-order chi connectivity index (χ0) is 13.4. The Morgan fingerprint density at radius 1 is 1.32 bits per heavy atom. The summed E-state index contributed by atoms with van der Waals surface area (Å²) in [5.74, 6) is 0.246. The van der Waals surface area contributed by atoms with E-state index < -0.39 is 0 Å². The van der Waals surface area contributed by atoms with E-state index in [0.29, 0.717) is 19.4 Å². The third-order valence-electron chi connectivity index (χ3n) is 3.36. The Morgan fingerprint density at radius 2 is 2.00 bits per heavy atom. The molecule has 0 bridgehead atoms. The number of nitrogens with zero attached hydrogens (tertiary/aromatic N) is 1. The maximum atomic E-state index is 11.7. The molecule has 1 heterocycles. The minimum absolute atomic E-state index is 0. The van der Waals surface area contributed by atoms with Gasteiger partial charge >= 0.3 is 0 Å². The van der Waals surface area contributed by atoms with Crippen LogP contribution in [-0.2, 0) is 9.59 Å². The molecule has 1 fully saturated rings. The maximum absolute atomic E-state index is 11.7. The lowest BCUT2D eigenvalue weighted by Crippen LogP contribution is -2.41. The highest BCUT2D eigenvalue weighted by Crippen LogP contribution is 2.04. The third kappa shape index (κ3) is 6.25. The highest BCUT2D eigenvalue weighted by atomic mass is 35.5. The molecule has 0 saturated carbocycles. The van der Waals surface area contributed by atoms with Gasteiger partial charge in [0, 0.05) is 26.1 Å². The van der Waals surface area contributed by atoms with Crippen molar-refractivity contribution >= 4 is 24.2 Å². The van der Waals surface area contributed by atoms with E-state index in [2.05, 4.69) is 10.6 Å². The first-order chi connectivity index (χ1) is 8.69. The van der Waals surface area contributed by atoms with Gasteiger partial charge in [0.15, 0.2) is 0 Å². The number of carbonyl (C=O) groups excluding carboxylic acids is 2. The van der Waals surface area contributed by atoms with Crippen LogP contribution in [0, 0.1) is 0 Å². The molecule has 1 unspecified atom stereocenters. The molecule has 5 nitrogen and oxygen atoms in total. The second kappa shape index (κ2) is 10.0. The molecule has 0 spiro atoms. The summed E-state index contributed by atoms with van der Waals surface area (Å²) in [4.78, 5) is 25.2. The van der Waals surface area contributed by atoms with Gasteiger partial charge in [-0.05, 0) is 39.7 Å². The molecule has 1 atom stereocenters. The summed E-state index contributed by atoms with van der Waals surface area (Å²) in [7, 11) is 0. The van der Waals surface area contributed by atoms with Crippen molar-refractivity contribution in [3.05, 3.63) is 0 Å². The van der Waals surface area contributed by atoms with E-state index in [1.807, 2.05) is 18.7 Å². The molecule has 1 rings (SSSR count). The lowest BCUT2D eigenvalue weighted by Gasteiger charge is -2.18. The summed E-state index contributed by atoms with van der Waals surface area (Å²) in [6, 6.07) is -0.0246. The topological polar surface area (TPSA) is 61.4 Å². The average molecular weight is 292 g/mol. The van der Waals surface area contributed by atoms with Gasteiger partial charge in [-0.3, -0.25) is 9.59 Å². The monoisotopic (exact) mass is 291 g/mol. The molecule has 19 heavy (non-hydrogen) atoms. The lowest BCUT2D eigenvalue weighted by atomic mass is 10.2. The van der Waals surface area contributed by atoms with Crippen LogP contribution in [0.5, 0.6) is 0 Å². The van der Waals surface area contributed by atoms with E-state index in [1.165, 1.54) is 0 Å². The summed E-state index contributed by atoms with van der Waals surface area (Å²) >= 11 is 0. The van der Waals surface area contributed by atoms with Gasteiger partial charge in [-0.25, -0.2) is 0 Å². The first kappa shape index (κ1) is 18.2. The molecule has 2 N–H and O–H groups in total. The predicted molar refractivity (Wildman–Crippen MR) is 78.4 cm³/mol. The maximum Gasteiger partial charge on any atom is 0.237 e. The van der Waals surface area contributed by atoms with Crippen LogP contribution in [0.15, 0.2) is 0 Å². The van der Waals surface area contributed by atoms with Crippen LogP contribution in [0.1, 0.15) is 39.5 Å². The number of hydrogen-bond acceptors (Lipinski definition) is 3. The van der Waals surface area contributed by atoms with Crippen LogP contribution >= 0.6 is 12.4 Å². The highest BCUT2D eigenvalue weighted by molar-refractivity contribution is 5.85. The van der Waals surface area contributed by atoms with Crippen molar-refractivity contribution < 1.29 is 9.59 Å². The van der Waals surface area contributed by atoms with Crippen molar-refractivity contribution in [2.75, 3.05) is 26.2 Å². The Bertz CT molecular complexity index is 261. The number of halogens is 1. The van der Waals surface area contributed by atoms with Gasteiger partial charge in [0.05, 0.1) is 6.04 Å². The average Bonchev–Trinajstić information content (AvgIpc) is 2.89. The Kier molecular flexibility index (Phi) is 9.61. The van der Waals surface area contributed by atoms with Gasteiger partial charge in [-0.1, -0.05) is 0 Å². The fraction of sp³-hybridized carbons (Fsp3) is 0.846. The fourth-order valence-electron chi connectivity index (χ4n) is 2.22. The highest BCUT2D eigenvalue weighted by Gasteiger charge is 2.21. The zero-order valence-electron chi connectivity index (χ0n) is 11.9. The van der Waals surface area contributed by atoms with Crippen molar-refractivity contribution in [3.63, 3.8) is 0 Å². The molecular formula is C13H26ClN3O2. The van der Waals surface area contributed by atoms with E-state index in [0.717, 1.165) is 32.5 Å². The Hall–Kier alpha value is -0.810. The molecule has 1 aliphatic rings.